The van der Waals surface area contributed by atoms with E-state index in [9.17, 15) is 4.79 Å². The number of rotatable bonds is 3. The fourth-order valence-electron chi connectivity index (χ4n) is 0.969. The van der Waals surface area contributed by atoms with Crippen LogP contribution in [0.25, 0.3) is 0 Å². The van der Waals surface area contributed by atoms with Gasteiger partial charge in [-0.15, -0.1) is 24.0 Å². The Morgan fingerprint density at radius 2 is 1.86 bits per heavy atom. The molecule has 78 valence electrons. The van der Waals surface area contributed by atoms with Crippen molar-refractivity contribution in [3.05, 3.63) is 35.9 Å². The van der Waals surface area contributed by atoms with E-state index in [0.717, 1.165) is 5.56 Å². The van der Waals surface area contributed by atoms with Gasteiger partial charge in [-0.1, -0.05) is 30.3 Å². The third-order valence-corrected chi connectivity index (χ3v) is 2.24. The summed E-state index contributed by atoms with van der Waals surface area (Å²) in [6.45, 7) is 0. The molecule has 0 saturated carbocycles. The highest BCUT2D eigenvalue weighted by Gasteiger charge is 2.22. The Labute approximate surface area is 93.3 Å². The number of alkyl halides is 1. The number of carboxylic acid groups (broad SMARTS) is 1. The van der Waals surface area contributed by atoms with E-state index >= 15 is 0 Å². The standard InChI is InChI=1S/C9H10ClNO2.ClH/c10-7(8(11)9(12)13)6-4-2-1-3-5-6;/h1-5,7-8H,11H2,(H,12,13);1H/t7-,8-;/m1./s1. The van der Waals surface area contributed by atoms with Gasteiger partial charge in [-0.05, 0) is 5.56 Å². The molecule has 5 heteroatoms. The van der Waals surface area contributed by atoms with Crippen molar-refractivity contribution in [3.63, 3.8) is 0 Å². The van der Waals surface area contributed by atoms with Crippen LogP contribution in [0.5, 0.6) is 0 Å². The second-order valence-electron chi connectivity index (χ2n) is 2.68. The van der Waals surface area contributed by atoms with Crippen LogP contribution in [-0.4, -0.2) is 17.1 Å². The van der Waals surface area contributed by atoms with Crippen LogP contribution >= 0.6 is 24.0 Å². The highest BCUT2D eigenvalue weighted by atomic mass is 35.5. The largest absolute Gasteiger partial charge is 0.480 e. The summed E-state index contributed by atoms with van der Waals surface area (Å²) in [6, 6.07) is 7.85. The van der Waals surface area contributed by atoms with Crippen LogP contribution in [0.15, 0.2) is 30.3 Å². The lowest BCUT2D eigenvalue weighted by molar-refractivity contribution is -0.138. The van der Waals surface area contributed by atoms with Gasteiger partial charge in [0.2, 0.25) is 0 Å². The number of hydrogen-bond acceptors (Lipinski definition) is 2. The maximum atomic E-state index is 10.5. The highest BCUT2D eigenvalue weighted by molar-refractivity contribution is 6.22. The second-order valence-corrected chi connectivity index (χ2v) is 3.15. The minimum Gasteiger partial charge on any atom is -0.480 e. The van der Waals surface area contributed by atoms with Gasteiger partial charge in [0.25, 0.3) is 0 Å². The third-order valence-electron chi connectivity index (χ3n) is 1.72. The zero-order valence-electron chi connectivity index (χ0n) is 7.26. The fraction of sp³-hybridized carbons (Fsp3) is 0.222. The van der Waals surface area contributed by atoms with E-state index in [-0.39, 0.29) is 12.4 Å². The molecular weight excluding hydrogens is 225 g/mol. The van der Waals surface area contributed by atoms with E-state index in [0.29, 0.717) is 0 Å². The van der Waals surface area contributed by atoms with Crippen LogP contribution in [0.3, 0.4) is 0 Å². The van der Waals surface area contributed by atoms with Crippen molar-refractivity contribution >= 4 is 30.0 Å². The first kappa shape index (κ1) is 13.2. The summed E-state index contributed by atoms with van der Waals surface area (Å²) in [5.41, 5.74) is 6.08. The molecule has 0 amide bonds. The van der Waals surface area contributed by atoms with Crippen molar-refractivity contribution in [2.75, 3.05) is 0 Å². The molecular formula is C9H11Cl2NO2. The van der Waals surface area contributed by atoms with Gasteiger partial charge in [0.05, 0.1) is 5.38 Å². The number of nitrogens with two attached hydrogens (primary N) is 1. The summed E-state index contributed by atoms with van der Waals surface area (Å²) in [7, 11) is 0. The monoisotopic (exact) mass is 235 g/mol. The van der Waals surface area contributed by atoms with Crippen molar-refractivity contribution in [3.8, 4) is 0 Å². The number of benzene rings is 1. The van der Waals surface area contributed by atoms with Gasteiger partial charge in [-0.3, -0.25) is 4.79 Å². The molecule has 0 aliphatic heterocycles. The van der Waals surface area contributed by atoms with E-state index in [1.54, 1.807) is 24.3 Å². The first-order valence-corrected chi connectivity index (χ1v) is 4.24. The predicted molar refractivity (Wildman–Crippen MR) is 57.9 cm³/mol. The van der Waals surface area contributed by atoms with E-state index in [1.165, 1.54) is 0 Å². The average molecular weight is 236 g/mol. The van der Waals surface area contributed by atoms with Crippen molar-refractivity contribution in [2.24, 2.45) is 5.73 Å². The Bertz CT molecular complexity index is 292. The zero-order valence-corrected chi connectivity index (χ0v) is 8.83. The molecule has 0 bridgehead atoms. The smallest absolute Gasteiger partial charge is 0.322 e. The Balaban J connectivity index is 0.00000169. The highest BCUT2D eigenvalue weighted by Crippen LogP contribution is 2.22. The number of halogens is 2. The summed E-state index contributed by atoms with van der Waals surface area (Å²) in [5, 5.41) is 7.92. The van der Waals surface area contributed by atoms with Crippen LogP contribution < -0.4 is 5.73 Å². The Hall–Kier alpha value is -0.770. The third kappa shape index (κ3) is 3.18. The fourth-order valence-corrected chi connectivity index (χ4v) is 1.22. The molecule has 0 saturated heterocycles. The molecule has 0 heterocycles. The lowest BCUT2D eigenvalue weighted by Crippen LogP contribution is -2.34. The van der Waals surface area contributed by atoms with E-state index in [4.69, 9.17) is 22.4 Å². The van der Waals surface area contributed by atoms with Gasteiger partial charge in [0, 0.05) is 0 Å². The van der Waals surface area contributed by atoms with Gasteiger partial charge in [-0.25, -0.2) is 0 Å². The van der Waals surface area contributed by atoms with Gasteiger partial charge >= 0.3 is 5.97 Å². The van der Waals surface area contributed by atoms with Crippen molar-refractivity contribution in [1.82, 2.24) is 0 Å². The van der Waals surface area contributed by atoms with Gasteiger partial charge in [-0.2, -0.15) is 0 Å². The molecule has 14 heavy (non-hydrogen) atoms. The van der Waals surface area contributed by atoms with E-state index in [2.05, 4.69) is 0 Å². The lowest BCUT2D eigenvalue weighted by atomic mass is 10.1. The van der Waals surface area contributed by atoms with Crippen molar-refractivity contribution in [2.45, 2.75) is 11.4 Å². The molecule has 3 nitrogen and oxygen atoms in total. The number of carboxylic acids is 1. The van der Waals surface area contributed by atoms with Gasteiger partial charge in [0.1, 0.15) is 6.04 Å². The molecule has 3 N–H and O–H groups in total. The molecule has 0 aliphatic rings. The van der Waals surface area contributed by atoms with Crippen molar-refractivity contribution in [1.29, 1.82) is 0 Å². The molecule has 0 spiro atoms. The summed E-state index contributed by atoms with van der Waals surface area (Å²) in [6.07, 6.45) is 0. The summed E-state index contributed by atoms with van der Waals surface area (Å²) in [5.74, 6) is -1.09. The Morgan fingerprint density at radius 1 is 1.36 bits per heavy atom. The minimum atomic E-state index is -1.09. The molecule has 1 rings (SSSR count). The van der Waals surface area contributed by atoms with Crippen molar-refractivity contribution < 1.29 is 9.90 Å². The molecule has 2 atom stereocenters. The molecule has 0 unspecified atom stereocenters. The maximum Gasteiger partial charge on any atom is 0.322 e. The Kier molecular flexibility index (Phi) is 5.53. The number of hydrogen-bond donors (Lipinski definition) is 2. The predicted octanol–water partition coefficient (Wildman–Crippen LogP) is 1.80. The topological polar surface area (TPSA) is 63.3 Å². The van der Waals surface area contributed by atoms with Crippen LogP contribution in [-0.2, 0) is 4.79 Å². The SMILES string of the molecule is Cl.N[C@@H](C(=O)O)[C@H](Cl)c1ccccc1. The quantitative estimate of drug-likeness (QED) is 0.786. The minimum absolute atomic E-state index is 0. The van der Waals surface area contributed by atoms with Gasteiger partial charge < -0.3 is 10.8 Å². The molecule has 0 fully saturated rings. The van der Waals surface area contributed by atoms with Crippen LogP contribution in [0, 0.1) is 0 Å². The first-order chi connectivity index (χ1) is 6.13. The Morgan fingerprint density at radius 3 is 2.29 bits per heavy atom. The maximum absolute atomic E-state index is 10.5. The van der Waals surface area contributed by atoms with E-state index in [1.807, 2.05) is 6.07 Å². The van der Waals surface area contributed by atoms with E-state index < -0.39 is 17.4 Å². The van der Waals surface area contributed by atoms with Crippen LogP contribution in [0.1, 0.15) is 10.9 Å². The summed E-state index contributed by atoms with van der Waals surface area (Å²) >= 11 is 5.85. The lowest BCUT2D eigenvalue weighted by Gasteiger charge is -2.13. The number of aliphatic carboxylic acids is 1. The molecule has 1 aromatic rings. The molecule has 0 aliphatic carbocycles. The van der Waals surface area contributed by atoms with Gasteiger partial charge in [0.15, 0.2) is 0 Å². The first-order valence-electron chi connectivity index (χ1n) is 3.80. The average Bonchev–Trinajstić information content (AvgIpc) is 2.17. The van der Waals surface area contributed by atoms with Crippen LogP contribution in [0.2, 0.25) is 0 Å². The molecule has 0 radical (unpaired) electrons. The molecule has 1 aromatic carbocycles. The van der Waals surface area contributed by atoms with Crippen LogP contribution in [0.4, 0.5) is 0 Å². The summed E-state index contributed by atoms with van der Waals surface area (Å²) < 4.78 is 0. The molecule has 0 aromatic heterocycles. The normalized spacial score (nSPS) is 13.9. The zero-order chi connectivity index (χ0) is 9.84. The summed E-state index contributed by atoms with van der Waals surface area (Å²) in [4.78, 5) is 10.5. The number of carbonyl (C=O) groups is 1. The second kappa shape index (κ2) is 5.86.